The molecule has 0 bridgehead atoms. The van der Waals surface area contributed by atoms with Crippen molar-refractivity contribution in [2.75, 3.05) is 26.7 Å². The van der Waals surface area contributed by atoms with Crippen LogP contribution < -0.4 is 0 Å². The summed E-state index contributed by atoms with van der Waals surface area (Å²) in [7, 11) is -1.93. The largest absolute Gasteiger partial charge is 0.342 e. The Balaban J connectivity index is 2.29. The zero-order chi connectivity index (χ0) is 17.7. The average Bonchev–Trinajstić information content (AvgIpc) is 2.60. The molecule has 1 aliphatic rings. The molecule has 1 amide bonds. The highest BCUT2D eigenvalue weighted by Gasteiger charge is 2.29. The van der Waals surface area contributed by atoms with Crippen molar-refractivity contribution in [1.29, 1.82) is 0 Å². The second-order valence-corrected chi connectivity index (χ2v) is 8.50. The first-order chi connectivity index (χ1) is 11.4. The highest BCUT2D eigenvalue weighted by molar-refractivity contribution is 7.89. The first-order valence-corrected chi connectivity index (χ1v) is 10.2. The molecule has 24 heavy (non-hydrogen) atoms. The predicted octanol–water partition coefficient (Wildman–Crippen LogP) is 3.39. The zero-order valence-electron chi connectivity index (χ0n) is 14.3. The monoisotopic (exact) mass is 372 g/mol. The molecule has 7 heteroatoms. The molecule has 0 aliphatic carbocycles. The Morgan fingerprint density at radius 2 is 1.92 bits per heavy atom. The highest BCUT2D eigenvalue weighted by Crippen LogP contribution is 2.28. The summed E-state index contributed by atoms with van der Waals surface area (Å²) in [4.78, 5) is 14.1. The van der Waals surface area contributed by atoms with Crippen LogP contribution in [0.2, 0.25) is 5.02 Å². The second kappa shape index (κ2) is 8.32. The van der Waals surface area contributed by atoms with Crippen molar-refractivity contribution < 1.29 is 13.2 Å². The van der Waals surface area contributed by atoms with Crippen molar-refractivity contribution in [1.82, 2.24) is 9.21 Å². The van der Waals surface area contributed by atoms with Gasteiger partial charge in [0.05, 0.1) is 5.02 Å². The van der Waals surface area contributed by atoms with Crippen LogP contribution in [0.1, 0.15) is 49.4 Å². The third kappa shape index (κ3) is 4.29. The smallest absolute Gasteiger partial charge is 0.253 e. The van der Waals surface area contributed by atoms with Crippen LogP contribution in [0.4, 0.5) is 0 Å². The lowest BCUT2D eigenvalue weighted by atomic mass is 10.2. The maximum atomic E-state index is 12.8. The van der Waals surface area contributed by atoms with Gasteiger partial charge in [0.2, 0.25) is 10.0 Å². The average molecular weight is 373 g/mol. The fraction of sp³-hybridized carbons (Fsp3) is 0.588. The Morgan fingerprint density at radius 1 is 1.25 bits per heavy atom. The summed E-state index contributed by atoms with van der Waals surface area (Å²) < 4.78 is 27.1. The minimum atomic E-state index is -3.66. The summed E-state index contributed by atoms with van der Waals surface area (Å²) in [6.45, 7) is 3.72. The van der Waals surface area contributed by atoms with Gasteiger partial charge in [0, 0.05) is 32.2 Å². The van der Waals surface area contributed by atoms with Gasteiger partial charge in [-0.15, -0.1) is 0 Å². The van der Waals surface area contributed by atoms with Crippen molar-refractivity contribution in [3.63, 3.8) is 0 Å². The molecule has 1 aromatic rings. The topological polar surface area (TPSA) is 57.7 Å². The number of halogens is 1. The Labute approximate surface area is 149 Å². The van der Waals surface area contributed by atoms with Gasteiger partial charge in [-0.1, -0.05) is 31.4 Å². The summed E-state index contributed by atoms with van der Waals surface area (Å²) in [6, 6.07) is 4.50. The molecule has 1 saturated heterocycles. The van der Waals surface area contributed by atoms with E-state index in [0.717, 1.165) is 32.1 Å². The molecule has 0 atom stereocenters. The Hall–Kier alpha value is -1.11. The molecule has 0 unspecified atom stereocenters. The van der Waals surface area contributed by atoms with Gasteiger partial charge >= 0.3 is 0 Å². The molecular formula is C17H25ClN2O3S. The molecule has 1 aliphatic heterocycles. The number of piperidine rings is 1. The summed E-state index contributed by atoms with van der Waals surface area (Å²) >= 11 is 6.14. The number of nitrogens with zero attached hydrogens (tertiary/aromatic N) is 2. The lowest BCUT2D eigenvalue weighted by Gasteiger charge is -2.26. The van der Waals surface area contributed by atoms with Gasteiger partial charge in [-0.2, -0.15) is 4.31 Å². The number of amides is 1. The lowest BCUT2D eigenvalue weighted by molar-refractivity contribution is 0.0793. The van der Waals surface area contributed by atoms with E-state index in [4.69, 9.17) is 11.6 Å². The van der Waals surface area contributed by atoms with E-state index in [1.807, 2.05) is 0 Å². The van der Waals surface area contributed by atoms with E-state index >= 15 is 0 Å². The van der Waals surface area contributed by atoms with Crippen molar-refractivity contribution in [3.05, 3.63) is 28.8 Å². The predicted molar refractivity (Wildman–Crippen MR) is 95.9 cm³/mol. The van der Waals surface area contributed by atoms with E-state index in [-0.39, 0.29) is 15.8 Å². The molecule has 1 fully saturated rings. The lowest BCUT2D eigenvalue weighted by Crippen LogP contribution is -2.36. The van der Waals surface area contributed by atoms with Gasteiger partial charge in [0.15, 0.2) is 0 Å². The van der Waals surface area contributed by atoms with Gasteiger partial charge < -0.3 is 4.90 Å². The number of hydrogen-bond acceptors (Lipinski definition) is 3. The van der Waals surface area contributed by atoms with Gasteiger partial charge in [0.1, 0.15) is 4.90 Å². The molecule has 0 N–H and O–H groups in total. The van der Waals surface area contributed by atoms with Crippen LogP contribution in [0.3, 0.4) is 0 Å². The van der Waals surface area contributed by atoms with Crippen molar-refractivity contribution in [3.8, 4) is 0 Å². The van der Waals surface area contributed by atoms with Gasteiger partial charge in [-0.25, -0.2) is 8.42 Å². The summed E-state index contributed by atoms with van der Waals surface area (Å²) in [5.74, 6) is -0.185. The SMILES string of the molecule is CCCCN(C)C(=O)c1ccc(Cl)c(S(=O)(=O)N2CCCCC2)c1. The van der Waals surface area contributed by atoms with Crippen molar-refractivity contribution in [2.24, 2.45) is 0 Å². The Morgan fingerprint density at radius 3 is 2.54 bits per heavy atom. The number of carbonyl (C=O) groups excluding carboxylic acids is 1. The number of hydrogen-bond donors (Lipinski definition) is 0. The molecule has 0 radical (unpaired) electrons. The molecule has 0 saturated carbocycles. The fourth-order valence-corrected chi connectivity index (χ4v) is 4.81. The van der Waals surface area contributed by atoms with Gasteiger partial charge in [-0.05, 0) is 37.5 Å². The minimum Gasteiger partial charge on any atom is -0.342 e. The summed E-state index contributed by atoms with van der Waals surface area (Å²) in [5, 5.41) is 0.160. The molecular weight excluding hydrogens is 348 g/mol. The molecule has 1 aromatic carbocycles. The molecule has 0 spiro atoms. The van der Waals surface area contributed by atoms with Gasteiger partial charge in [0.25, 0.3) is 5.91 Å². The third-order valence-electron chi connectivity index (χ3n) is 4.30. The summed E-state index contributed by atoms with van der Waals surface area (Å²) in [5.41, 5.74) is 0.355. The molecule has 5 nitrogen and oxygen atoms in total. The van der Waals surface area contributed by atoms with Crippen LogP contribution in [-0.4, -0.2) is 50.2 Å². The van der Waals surface area contributed by atoms with Crippen LogP contribution in [0.15, 0.2) is 23.1 Å². The van der Waals surface area contributed by atoms with E-state index in [1.54, 1.807) is 18.0 Å². The molecule has 1 heterocycles. The zero-order valence-corrected chi connectivity index (χ0v) is 15.9. The van der Waals surface area contributed by atoms with Crippen molar-refractivity contribution >= 4 is 27.5 Å². The number of carbonyl (C=O) groups is 1. The fourth-order valence-electron chi connectivity index (χ4n) is 2.80. The number of benzene rings is 1. The maximum absolute atomic E-state index is 12.8. The van der Waals surface area contributed by atoms with Crippen LogP contribution in [0, 0.1) is 0 Å². The Bertz CT molecular complexity index is 685. The maximum Gasteiger partial charge on any atom is 0.253 e. The Kier molecular flexibility index (Phi) is 6.66. The number of unbranched alkanes of at least 4 members (excludes halogenated alkanes) is 1. The van der Waals surface area contributed by atoms with Crippen molar-refractivity contribution in [2.45, 2.75) is 43.9 Å². The minimum absolute atomic E-state index is 0.0285. The first-order valence-electron chi connectivity index (χ1n) is 8.43. The van der Waals surface area contributed by atoms with E-state index in [1.165, 1.54) is 16.4 Å². The number of sulfonamides is 1. The van der Waals surface area contributed by atoms with Crippen LogP contribution >= 0.6 is 11.6 Å². The first kappa shape index (κ1) is 19.2. The van der Waals surface area contributed by atoms with Crippen LogP contribution in [0.5, 0.6) is 0 Å². The van der Waals surface area contributed by atoms with Crippen LogP contribution in [0.25, 0.3) is 0 Å². The second-order valence-electron chi connectivity index (χ2n) is 6.19. The molecule has 0 aromatic heterocycles. The normalized spacial score (nSPS) is 16.1. The van der Waals surface area contributed by atoms with E-state index < -0.39 is 10.0 Å². The van der Waals surface area contributed by atoms with E-state index in [0.29, 0.717) is 25.2 Å². The standard InChI is InChI=1S/C17H25ClN2O3S/c1-3-4-10-19(2)17(21)14-8-9-15(18)16(13-14)24(22,23)20-11-6-5-7-12-20/h8-9,13H,3-7,10-12H2,1-2H3. The van der Waals surface area contributed by atoms with Crippen LogP contribution in [-0.2, 0) is 10.0 Å². The highest BCUT2D eigenvalue weighted by atomic mass is 35.5. The van der Waals surface area contributed by atoms with Gasteiger partial charge in [-0.3, -0.25) is 4.79 Å². The third-order valence-corrected chi connectivity index (χ3v) is 6.68. The summed E-state index contributed by atoms with van der Waals surface area (Å²) in [6.07, 6.45) is 4.66. The number of rotatable bonds is 6. The molecule has 134 valence electrons. The van der Waals surface area contributed by atoms with E-state index in [2.05, 4.69) is 6.92 Å². The molecule has 2 rings (SSSR count). The van der Waals surface area contributed by atoms with E-state index in [9.17, 15) is 13.2 Å². The quantitative estimate of drug-likeness (QED) is 0.769.